The molecule has 6 nitrogen and oxygen atoms in total. The molecule has 0 bridgehead atoms. The first-order chi connectivity index (χ1) is 10.8. The normalized spacial score (nSPS) is 19.0. The number of nitrogens with zero attached hydrogens (tertiary/aromatic N) is 1. The maximum absolute atomic E-state index is 14.2. The second kappa shape index (κ2) is 7.12. The summed E-state index contributed by atoms with van der Waals surface area (Å²) in [4.78, 5) is 10.6. The first-order valence-electron chi connectivity index (χ1n) is 7.17. The van der Waals surface area contributed by atoms with Gasteiger partial charge < -0.3 is 10.6 Å². The van der Waals surface area contributed by atoms with E-state index in [-0.39, 0.29) is 16.6 Å². The summed E-state index contributed by atoms with van der Waals surface area (Å²) in [7, 11) is -2.15. The Labute approximate surface area is 140 Å². The number of hydrogen-bond acceptors (Lipinski definition) is 4. The maximum Gasteiger partial charge on any atom is 0.246 e. The second-order valence-corrected chi connectivity index (χ2v) is 7.83. The van der Waals surface area contributed by atoms with Crippen LogP contribution in [0.3, 0.4) is 0 Å². The Hall–Kier alpha value is -1.22. The third-order valence-corrected chi connectivity index (χ3v) is 5.88. The van der Waals surface area contributed by atoms with Crippen LogP contribution in [0.15, 0.2) is 17.0 Å². The molecule has 0 radical (unpaired) electrons. The van der Waals surface area contributed by atoms with Gasteiger partial charge in [0.25, 0.3) is 0 Å². The van der Waals surface area contributed by atoms with Gasteiger partial charge in [0.15, 0.2) is 0 Å². The standard InChI is InChI=1S/C14H19ClFN3O3S/c1-9(20)18-13-6-12(16)14(5-11(13)15)23(21,22)19-4-3-10(8-19)7-17-2/h5-6,10,17H,3-4,7-8H2,1-2H3,(H,18,20). The number of carbonyl (C=O) groups is 1. The molecule has 1 amide bonds. The lowest BCUT2D eigenvalue weighted by atomic mass is 10.1. The average Bonchev–Trinajstić information content (AvgIpc) is 2.91. The third-order valence-electron chi connectivity index (χ3n) is 3.69. The number of amides is 1. The number of carbonyl (C=O) groups excluding carboxylic acids is 1. The molecule has 0 saturated carbocycles. The van der Waals surface area contributed by atoms with E-state index in [0.717, 1.165) is 18.6 Å². The average molecular weight is 364 g/mol. The van der Waals surface area contributed by atoms with Crippen molar-refractivity contribution in [3.05, 3.63) is 23.0 Å². The van der Waals surface area contributed by atoms with Gasteiger partial charge in [-0.2, -0.15) is 4.31 Å². The van der Waals surface area contributed by atoms with Crippen LogP contribution in [0.5, 0.6) is 0 Å². The summed E-state index contributed by atoms with van der Waals surface area (Å²) in [6.45, 7) is 2.65. The molecule has 1 aliphatic heterocycles. The van der Waals surface area contributed by atoms with Crippen LogP contribution in [0.2, 0.25) is 5.02 Å². The van der Waals surface area contributed by atoms with Gasteiger partial charge in [0.2, 0.25) is 15.9 Å². The fraction of sp³-hybridized carbons (Fsp3) is 0.500. The highest BCUT2D eigenvalue weighted by atomic mass is 35.5. The van der Waals surface area contributed by atoms with Crippen molar-refractivity contribution < 1.29 is 17.6 Å². The zero-order chi connectivity index (χ0) is 17.2. The van der Waals surface area contributed by atoms with E-state index in [0.29, 0.717) is 19.6 Å². The van der Waals surface area contributed by atoms with Gasteiger partial charge in [-0.1, -0.05) is 11.6 Å². The molecule has 0 aromatic heterocycles. The van der Waals surface area contributed by atoms with Crippen LogP contribution in [0.1, 0.15) is 13.3 Å². The number of halogens is 2. The number of hydrogen-bond donors (Lipinski definition) is 2. The van der Waals surface area contributed by atoms with E-state index in [1.165, 1.54) is 11.2 Å². The monoisotopic (exact) mass is 363 g/mol. The van der Waals surface area contributed by atoms with Gasteiger partial charge >= 0.3 is 0 Å². The Morgan fingerprint density at radius 3 is 2.78 bits per heavy atom. The van der Waals surface area contributed by atoms with Crippen LogP contribution in [0, 0.1) is 11.7 Å². The second-order valence-electron chi connectivity index (χ2n) is 5.52. The molecular weight excluding hydrogens is 345 g/mol. The van der Waals surface area contributed by atoms with Gasteiger partial charge in [-0.05, 0) is 32.0 Å². The Kier molecular flexibility index (Phi) is 5.61. The van der Waals surface area contributed by atoms with Crippen LogP contribution in [-0.2, 0) is 14.8 Å². The minimum atomic E-state index is -3.95. The largest absolute Gasteiger partial charge is 0.325 e. The predicted molar refractivity (Wildman–Crippen MR) is 86.5 cm³/mol. The molecule has 1 saturated heterocycles. The van der Waals surface area contributed by atoms with Gasteiger partial charge in [0.1, 0.15) is 10.7 Å². The van der Waals surface area contributed by atoms with Gasteiger partial charge in [0.05, 0.1) is 10.7 Å². The summed E-state index contributed by atoms with van der Waals surface area (Å²) in [5, 5.41) is 5.35. The highest BCUT2D eigenvalue weighted by molar-refractivity contribution is 7.89. The quantitative estimate of drug-likeness (QED) is 0.834. The summed E-state index contributed by atoms with van der Waals surface area (Å²) in [6.07, 6.45) is 0.722. The molecule has 1 aromatic rings. The number of nitrogens with one attached hydrogen (secondary N) is 2. The fourth-order valence-electron chi connectivity index (χ4n) is 2.62. The Bertz CT molecular complexity index is 711. The molecule has 1 fully saturated rings. The first-order valence-corrected chi connectivity index (χ1v) is 8.99. The number of benzene rings is 1. The number of rotatable bonds is 5. The van der Waals surface area contributed by atoms with Crippen molar-refractivity contribution in [2.75, 3.05) is 32.0 Å². The summed E-state index contributed by atoms with van der Waals surface area (Å²) < 4.78 is 40.7. The van der Waals surface area contributed by atoms with E-state index < -0.39 is 26.6 Å². The molecule has 2 N–H and O–H groups in total. The van der Waals surface area contributed by atoms with E-state index in [4.69, 9.17) is 11.6 Å². The summed E-state index contributed by atoms with van der Waals surface area (Å²) in [5.74, 6) is -1.15. The number of anilines is 1. The zero-order valence-electron chi connectivity index (χ0n) is 12.9. The molecule has 1 atom stereocenters. The van der Waals surface area contributed by atoms with E-state index in [1.807, 2.05) is 0 Å². The van der Waals surface area contributed by atoms with Crippen molar-refractivity contribution in [1.82, 2.24) is 9.62 Å². The molecule has 1 aliphatic rings. The summed E-state index contributed by atoms with van der Waals surface area (Å²) in [6, 6.07) is 1.97. The zero-order valence-corrected chi connectivity index (χ0v) is 14.5. The third kappa shape index (κ3) is 4.00. The van der Waals surface area contributed by atoms with Crippen LogP contribution in [0.25, 0.3) is 0 Å². The topological polar surface area (TPSA) is 78.5 Å². The lowest BCUT2D eigenvalue weighted by Gasteiger charge is -2.18. The Morgan fingerprint density at radius 2 is 2.17 bits per heavy atom. The van der Waals surface area contributed by atoms with Crippen molar-refractivity contribution in [3.8, 4) is 0 Å². The lowest BCUT2D eigenvalue weighted by molar-refractivity contribution is -0.114. The fourth-order valence-corrected chi connectivity index (χ4v) is 4.50. The summed E-state index contributed by atoms with van der Waals surface area (Å²) in [5.41, 5.74) is 0.0464. The number of sulfonamides is 1. The predicted octanol–water partition coefficient (Wildman–Crippen LogP) is 1.67. The molecule has 2 rings (SSSR count). The van der Waals surface area contributed by atoms with Gasteiger partial charge in [-0.25, -0.2) is 12.8 Å². The van der Waals surface area contributed by atoms with Gasteiger partial charge in [-0.15, -0.1) is 0 Å². The van der Waals surface area contributed by atoms with Crippen LogP contribution in [-0.4, -0.2) is 45.3 Å². The van der Waals surface area contributed by atoms with Crippen molar-refractivity contribution in [2.45, 2.75) is 18.2 Å². The van der Waals surface area contributed by atoms with E-state index in [2.05, 4.69) is 10.6 Å². The van der Waals surface area contributed by atoms with E-state index >= 15 is 0 Å². The Balaban J connectivity index is 2.30. The van der Waals surface area contributed by atoms with Gasteiger partial charge in [0, 0.05) is 26.1 Å². The smallest absolute Gasteiger partial charge is 0.246 e. The summed E-state index contributed by atoms with van der Waals surface area (Å²) >= 11 is 5.96. The minimum absolute atomic E-state index is 0.0221. The van der Waals surface area contributed by atoms with Gasteiger partial charge in [-0.3, -0.25) is 4.79 Å². The lowest BCUT2D eigenvalue weighted by Crippen LogP contribution is -2.31. The minimum Gasteiger partial charge on any atom is -0.325 e. The first kappa shape index (κ1) is 18.1. The Morgan fingerprint density at radius 1 is 1.48 bits per heavy atom. The molecule has 1 heterocycles. The molecular formula is C14H19ClFN3O3S. The van der Waals surface area contributed by atoms with Crippen molar-refractivity contribution in [1.29, 1.82) is 0 Å². The van der Waals surface area contributed by atoms with E-state index in [9.17, 15) is 17.6 Å². The molecule has 0 spiro atoms. The molecule has 128 valence electrons. The molecule has 23 heavy (non-hydrogen) atoms. The van der Waals surface area contributed by atoms with Crippen molar-refractivity contribution >= 4 is 33.2 Å². The van der Waals surface area contributed by atoms with E-state index in [1.54, 1.807) is 7.05 Å². The van der Waals surface area contributed by atoms with Crippen molar-refractivity contribution in [2.24, 2.45) is 5.92 Å². The molecule has 9 heteroatoms. The highest BCUT2D eigenvalue weighted by Crippen LogP contribution is 2.31. The maximum atomic E-state index is 14.2. The van der Waals surface area contributed by atoms with Crippen molar-refractivity contribution in [3.63, 3.8) is 0 Å². The van der Waals surface area contributed by atoms with Crippen LogP contribution in [0.4, 0.5) is 10.1 Å². The molecule has 1 unspecified atom stereocenters. The molecule has 1 aromatic carbocycles. The van der Waals surface area contributed by atoms with Crippen LogP contribution >= 0.6 is 11.6 Å². The van der Waals surface area contributed by atoms with Crippen LogP contribution < -0.4 is 10.6 Å². The SMILES string of the molecule is CNCC1CCN(S(=O)(=O)c2cc(Cl)c(NC(C)=O)cc2F)C1. The highest BCUT2D eigenvalue weighted by Gasteiger charge is 2.34. The molecule has 0 aliphatic carbocycles.